The number of hydrogen-bond acceptors (Lipinski definition) is 0. The maximum absolute atomic E-state index is 14.7. The number of benzene rings is 5. The van der Waals surface area contributed by atoms with E-state index in [2.05, 4.69) is 129 Å². The van der Waals surface area contributed by atoms with E-state index in [9.17, 15) is 4.39 Å². The lowest BCUT2D eigenvalue weighted by Gasteiger charge is -2.24. The summed E-state index contributed by atoms with van der Waals surface area (Å²) in [7, 11) is 2.15. The van der Waals surface area contributed by atoms with Crippen LogP contribution in [0.5, 0.6) is 0 Å². The number of fused-ring (bicyclic) bond motifs is 5. The number of aryl methyl sites for hydroxylation is 2. The second-order valence-corrected chi connectivity index (χ2v) is 11.9. The van der Waals surface area contributed by atoms with Crippen molar-refractivity contribution in [2.45, 2.75) is 33.1 Å². The lowest BCUT2D eigenvalue weighted by atomic mass is 9.80. The van der Waals surface area contributed by atoms with Gasteiger partial charge in [-0.1, -0.05) is 75.4 Å². The van der Waals surface area contributed by atoms with Gasteiger partial charge in [0.05, 0.1) is 27.7 Å². The van der Waals surface area contributed by atoms with E-state index in [0.29, 0.717) is 0 Å². The SMILES string of the molecule is Cc1c(-c2cc(-n3c4ccccc4c4ccc(F)cc43)c3ccccc3[n+]2C)cc(C(C)(C)C)c2ccccc12. The molecule has 0 unspecified atom stereocenters. The van der Waals surface area contributed by atoms with Gasteiger partial charge in [-0.05, 0) is 70.6 Å². The van der Waals surface area contributed by atoms with Crippen LogP contribution < -0.4 is 4.57 Å². The molecule has 40 heavy (non-hydrogen) atoms. The molecule has 0 fully saturated rings. The minimum Gasteiger partial charge on any atom is -0.308 e. The number of pyridine rings is 1. The molecule has 0 aliphatic heterocycles. The van der Waals surface area contributed by atoms with E-state index in [4.69, 9.17) is 0 Å². The fraction of sp³-hybridized carbons (Fsp3) is 0.162. The molecule has 0 radical (unpaired) electrons. The number of halogens is 1. The molecule has 196 valence electrons. The highest BCUT2D eigenvalue weighted by Crippen LogP contribution is 2.40. The van der Waals surface area contributed by atoms with E-state index in [1.54, 1.807) is 12.1 Å². The van der Waals surface area contributed by atoms with Crippen LogP contribution in [0.1, 0.15) is 31.9 Å². The van der Waals surface area contributed by atoms with Crippen molar-refractivity contribution in [3.63, 3.8) is 0 Å². The van der Waals surface area contributed by atoms with Gasteiger partial charge in [-0.15, -0.1) is 0 Å². The third kappa shape index (κ3) is 3.57. The summed E-state index contributed by atoms with van der Waals surface area (Å²) in [5.41, 5.74) is 9.02. The Kier molecular flexibility index (Phi) is 5.37. The summed E-state index contributed by atoms with van der Waals surface area (Å²) in [5.74, 6) is -0.234. The molecule has 3 heteroatoms. The third-order valence-corrected chi connectivity index (χ3v) is 8.45. The third-order valence-electron chi connectivity index (χ3n) is 8.45. The Morgan fingerprint density at radius 3 is 2.02 bits per heavy atom. The Morgan fingerprint density at radius 1 is 0.650 bits per heavy atom. The van der Waals surface area contributed by atoms with Gasteiger partial charge in [0.2, 0.25) is 11.2 Å². The Bertz CT molecular complexity index is 2130. The number of aromatic nitrogens is 2. The minimum atomic E-state index is -0.234. The van der Waals surface area contributed by atoms with Gasteiger partial charge in [0.25, 0.3) is 0 Å². The van der Waals surface area contributed by atoms with E-state index in [1.165, 1.54) is 27.5 Å². The predicted octanol–water partition coefficient (Wildman–Crippen LogP) is 9.33. The Hall–Kier alpha value is -4.50. The number of rotatable bonds is 2. The molecule has 7 rings (SSSR count). The largest absolute Gasteiger partial charge is 0.308 e. The van der Waals surface area contributed by atoms with Crippen LogP contribution in [0.15, 0.2) is 103 Å². The van der Waals surface area contributed by atoms with Crippen molar-refractivity contribution in [1.82, 2.24) is 4.57 Å². The number of para-hydroxylation sites is 2. The highest BCUT2D eigenvalue weighted by atomic mass is 19.1. The molecule has 0 amide bonds. The van der Waals surface area contributed by atoms with Crippen molar-refractivity contribution in [2.24, 2.45) is 7.05 Å². The molecule has 0 bridgehead atoms. The smallest absolute Gasteiger partial charge is 0.215 e. The van der Waals surface area contributed by atoms with E-state index in [0.717, 1.165) is 44.1 Å². The molecule has 2 nitrogen and oxygen atoms in total. The monoisotopic (exact) mass is 523 g/mol. The average molecular weight is 524 g/mol. The highest BCUT2D eigenvalue weighted by molar-refractivity contribution is 6.10. The van der Waals surface area contributed by atoms with Gasteiger partial charge in [-0.3, -0.25) is 0 Å². The second-order valence-electron chi connectivity index (χ2n) is 11.9. The molecule has 5 aromatic carbocycles. The fourth-order valence-electron chi connectivity index (χ4n) is 6.47. The summed E-state index contributed by atoms with van der Waals surface area (Å²) in [6.45, 7) is 9.08. The average Bonchev–Trinajstić information content (AvgIpc) is 3.27. The molecule has 0 atom stereocenters. The van der Waals surface area contributed by atoms with Gasteiger partial charge in [-0.2, -0.15) is 4.57 Å². The molecule has 0 saturated heterocycles. The summed E-state index contributed by atoms with van der Waals surface area (Å²) in [5, 5.41) is 5.87. The summed E-state index contributed by atoms with van der Waals surface area (Å²) in [4.78, 5) is 0. The fourth-order valence-corrected chi connectivity index (χ4v) is 6.47. The molecule has 0 aliphatic rings. The quantitative estimate of drug-likeness (QED) is 0.200. The van der Waals surface area contributed by atoms with E-state index >= 15 is 0 Å². The van der Waals surface area contributed by atoms with Crippen molar-refractivity contribution in [3.8, 4) is 16.9 Å². The van der Waals surface area contributed by atoms with Crippen LogP contribution in [0, 0.1) is 12.7 Å². The van der Waals surface area contributed by atoms with Crippen molar-refractivity contribution in [3.05, 3.63) is 120 Å². The van der Waals surface area contributed by atoms with E-state index in [1.807, 2.05) is 6.07 Å². The van der Waals surface area contributed by atoms with E-state index < -0.39 is 0 Å². The topological polar surface area (TPSA) is 8.81 Å². The van der Waals surface area contributed by atoms with E-state index in [-0.39, 0.29) is 11.2 Å². The first kappa shape index (κ1) is 24.5. The maximum atomic E-state index is 14.7. The normalized spacial score (nSPS) is 12.2. The number of nitrogens with zero attached hydrogens (tertiary/aromatic N) is 2. The lowest BCUT2D eigenvalue weighted by molar-refractivity contribution is -0.633. The van der Waals surface area contributed by atoms with Crippen LogP contribution in [0.2, 0.25) is 0 Å². The molecule has 7 aromatic rings. The van der Waals surface area contributed by atoms with Crippen LogP contribution in [0.3, 0.4) is 0 Å². The lowest BCUT2D eigenvalue weighted by Crippen LogP contribution is -2.33. The molecule has 0 spiro atoms. The summed E-state index contributed by atoms with van der Waals surface area (Å²) in [6, 6.07) is 35.4. The van der Waals surface area contributed by atoms with Gasteiger partial charge in [0.1, 0.15) is 12.9 Å². The molecule has 0 aliphatic carbocycles. The van der Waals surface area contributed by atoms with Crippen molar-refractivity contribution in [1.29, 1.82) is 0 Å². The van der Waals surface area contributed by atoms with Gasteiger partial charge in [0, 0.05) is 22.9 Å². The zero-order valence-electron chi connectivity index (χ0n) is 23.6. The van der Waals surface area contributed by atoms with Gasteiger partial charge >= 0.3 is 0 Å². The Morgan fingerprint density at radius 2 is 1.27 bits per heavy atom. The van der Waals surface area contributed by atoms with Crippen molar-refractivity contribution < 1.29 is 8.96 Å². The highest BCUT2D eigenvalue weighted by Gasteiger charge is 2.26. The first-order valence-corrected chi connectivity index (χ1v) is 13.9. The van der Waals surface area contributed by atoms with Crippen LogP contribution >= 0.6 is 0 Å². The molecule has 2 heterocycles. The van der Waals surface area contributed by atoms with Crippen LogP contribution in [-0.4, -0.2) is 4.57 Å². The maximum Gasteiger partial charge on any atom is 0.215 e. The zero-order chi connectivity index (χ0) is 27.8. The van der Waals surface area contributed by atoms with Crippen molar-refractivity contribution in [2.75, 3.05) is 0 Å². The Labute approximate surface area is 233 Å². The molecular formula is C37H32FN2+. The van der Waals surface area contributed by atoms with Crippen LogP contribution in [0.4, 0.5) is 4.39 Å². The summed E-state index contributed by atoms with van der Waals surface area (Å²) < 4.78 is 19.3. The predicted molar refractivity (Wildman–Crippen MR) is 166 cm³/mol. The van der Waals surface area contributed by atoms with Crippen LogP contribution in [-0.2, 0) is 12.5 Å². The molecule has 2 aromatic heterocycles. The van der Waals surface area contributed by atoms with Gasteiger partial charge < -0.3 is 4.57 Å². The van der Waals surface area contributed by atoms with Crippen molar-refractivity contribution >= 4 is 43.5 Å². The first-order chi connectivity index (χ1) is 19.2. The van der Waals surface area contributed by atoms with Gasteiger partial charge in [-0.25, -0.2) is 4.39 Å². The first-order valence-electron chi connectivity index (χ1n) is 13.9. The molecule has 0 N–H and O–H groups in total. The Balaban J connectivity index is 1.65. The molecule has 0 saturated carbocycles. The summed E-state index contributed by atoms with van der Waals surface area (Å²) >= 11 is 0. The molecular weight excluding hydrogens is 491 g/mol. The zero-order valence-corrected chi connectivity index (χ0v) is 23.6. The van der Waals surface area contributed by atoms with Gasteiger partial charge in [0.15, 0.2) is 0 Å². The standard InChI is InChI=1S/C37H32FN2/c1-23-25-12-6-7-13-26(25)31(37(2,3)4)21-30(23)34-22-36(29-15-9-10-16-32(29)39(34)5)40-33-17-11-8-14-27(33)28-19-18-24(38)20-35(28)40/h6-22H,1-5H3/q+1. The van der Waals surface area contributed by atoms with Crippen LogP contribution in [0.25, 0.3) is 60.4 Å². The second kappa shape index (κ2) is 8.76. The summed E-state index contributed by atoms with van der Waals surface area (Å²) in [6.07, 6.45) is 0. The minimum absolute atomic E-state index is 0.0232. The number of hydrogen-bond donors (Lipinski definition) is 0.